The third-order valence-corrected chi connectivity index (χ3v) is 6.67. The number of urea groups is 1. The van der Waals surface area contributed by atoms with Gasteiger partial charge in [0.05, 0.1) is 12.2 Å². The van der Waals surface area contributed by atoms with Crippen molar-refractivity contribution in [3.8, 4) is 11.5 Å². The molecule has 9 nitrogen and oxygen atoms in total. The first kappa shape index (κ1) is 27.9. The number of carbonyl (C=O) groups excluding carboxylic acids is 1. The summed E-state index contributed by atoms with van der Waals surface area (Å²) in [5, 5.41) is 25.0. The lowest BCUT2D eigenvalue weighted by atomic mass is 9.97. The number of carboxylic acids is 1. The van der Waals surface area contributed by atoms with Gasteiger partial charge in [0.15, 0.2) is 0 Å². The molecule has 0 radical (unpaired) electrons. The van der Waals surface area contributed by atoms with Crippen LogP contribution in [0.15, 0.2) is 78.9 Å². The van der Waals surface area contributed by atoms with Crippen molar-refractivity contribution in [3.63, 3.8) is 0 Å². The number of hydrogen-bond acceptors (Lipinski definition) is 6. The number of piperidine rings is 1. The second kappa shape index (κ2) is 14.2. The Morgan fingerprint density at radius 1 is 0.974 bits per heavy atom. The van der Waals surface area contributed by atoms with Crippen molar-refractivity contribution in [1.29, 1.82) is 0 Å². The predicted octanol–water partition coefficient (Wildman–Crippen LogP) is 4.59. The van der Waals surface area contributed by atoms with E-state index in [1.165, 1.54) is 12.1 Å². The molecule has 9 heteroatoms. The molecule has 1 fully saturated rings. The monoisotopic (exact) mass is 533 g/mol. The van der Waals surface area contributed by atoms with Gasteiger partial charge in [-0.15, -0.1) is 0 Å². The number of hydrogen-bond donors (Lipinski definition) is 4. The number of amides is 2. The summed E-state index contributed by atoms with van der Waals surface area (Å²) in [6.45, 7) is 3.54. The molecule has 0 aliphatic carbocycles. The van der Waals surface area contributed by atoms with Crippen LogP contribution in [0.25, 0.3) is 0 Å². The number of benzene rings is 3. The number of anilines is 1. The molecule has 1 aliphatic rings. The molecule has 0 spiro atoms. The van der Waals surface area contributed by atoms with Gasteiger partial charge in [-0.2, -0.15) is 0 Å². The van der Waals surface area contributed by atoms with E-state index >= 15 is 0 Å². The summed E-state index contributed by atoms with van der Waals surface area (Å²) < 4.78 is 12.1. The molecule has 206 valence electrons. The van der Waals surface area contributed by atoms with Gasteiger partial charge in [0.25, 0.3) is 0 Å². The van der Waals surface area contributed by atoms with Crippen molar-refractivity contribution in [2.24, 2.45) is 5.92 Å². The average molecular weight is 534 g/mol. The number of phenolic OH excluding ortho intramolecular Hbond substituents is 1. The van der Waals surface area contributed by atoms with Gasteiger partial charge < -0.3 is 35.2 Å². The van der Waals surface area contributed by atoms with E-state index in [9.17, 15) is 14.7 Å². The van der Waals surface area contributed by atoms with E-state index in [0.717, 1.165) is 24.9 Å². The van der Waals surface area contributed by atoms with Crippen molar-refractivity contribution in [2.75, 3.05) is 38.1 Å². The van der Waals surface area contributed by atoms with Crippen LogP contribution in [0.5, 0.6) is 11.5 Å². The second-order valence-electron chi connectivity index (χ2n) is 9.63. The van der Waals surface area contributed by atoms with Crippen molar-refractivity contribution >= 4 is 17.7 Å². The minimum atomic E-state index is -1.03. The molecule has 2 amide bonds. The van der Waals surface area contributed by atoms with Gasteiger partial charge in [0.2, 0.25) is 0 Å². The highest BCUT2D eigenvalue weighted by Crippen LogP contribution is 2.19. The third kappa shape index (κ3) is 9.01. The zero-order valence-electron chi connectivity index (χ0n) is 21.8. The van der Waals surface area contributed by atoms with E-state index in [-0.39, 0.29) is 23.4 Å². The smallest absolute Gasteiger partial charge is 0.335 e. The lowest BCUT2D eigenvalue weighted by Crippen LogP contribution is -2.43. The van der Waals surface area contributed by atoms with Gasteiger partial charge in [-0.1, -0.05) is 36.4 Å². The van der Waals surface area contributed by atoms with Crippen molar-refractivity contribution in [1.82, 2.24) is 10.2 Å². The summed E-state index contributed by atoms with van der Waals surface area (Å²) in [6, 6.07) is 22.7. The Kier molecular flexibility index (Phi) is 10.2. The fourth-order valence-corrected chi connectivity index (χ4v) is 4.41. The summed E-state index contributed by atoms with van der Waals surface area (Å²) in [5.41, 5.74) is 1.70. The summed E-state index contributed by atoms with van der Waals surface area (Å²) in [6.07, 6.45) is 1.57. The highest BCUT2D eigenvalue weighted by Gasteiger charge is 2.23. The number of carbonyl (C=O) groups is 2. The quantitative estimate of drug-likeness (QED) is 0.269. The summed E-state index contributed by atoms with van der Waals surface area (Å²) in [7, 11) is 0. The van der Waals surface area contributed by atoms with Gasteiger partial charge in [0.1, 0.15) is 24.2 Å². The lowest BCUT2D eigenvalue weighted by molar-refractivity contribution is 0.00947. The molecule has 4 N–H and O–H groups in total. The molecular weight excluding hydrogens is 498 g/mol. The largest absolute Gasteiger partial charge is 0.508 e. The van der Waals surface area contributed by atoms with Crippen LogP contribution in [-0.4, -0.2) is 66.0 Å². The Labute approximate surface area is 228 Å². The standard InChI is InChI=1S/C30H35N3O6/c34-26-9-11-27(12-10-26)39-21-28(38-20-23-5-2-1-3-6-23)19-31-18-22-13-15-33(16-14-22)30(37)32-25-8-4-7-24(17-25)29(35)36/h1-12,17,22,28,31,34H,13-16,18-21H2,(H,32,37)(H,35,36). The van der Waals surface area contributed by atoms with E-state index in [1.54, 1.807) is 41.3 Å². The Morgan fingerprint density at radius 2 is 1.72 bits per heavy atom. The number of likely N-dealkylation sites (tertiary alicyclic amines) is 1. The maximum absolute atomic E-state index is 12.7. The number of aromatic carboxylic acids is 1. The Bertz CT molecular complexity index is 1200. The highest BCUT2D eigenvalue weighted by molar-refractivity contribution is 5.93. The number of rotatable bonds is 12. The van der Waals surface area contributed by atoms with Crippen LogP contribution in [0.4, 0.5) is 10.5 Å². The maximum atomic E-state index is 12.7. The van der Waals surface area contributed by atoms with Crippen LogP contribution < -0.4 is 15.4 Å². The lowest BCUT2D eigenvalue weighted by Gasteiger charge is -2.32. The van der Waals surface area contributed by atoms with E-state index in [1.807, 2.05) is 30.3 Å². The fourth-order valence-electron chi connectivity index (χ4n) is 4.41. The minimum absolute atomic E-state index is 0.136. The molecule has 0 saturated carbocycles. The Morgan fingerprint density at radius 3 is 2.44 bits per heavy atom. The topological polar surface area (TPSA) is 120 Å². The third-order valence-electron chi connectivity index (χ3n) is 6.67. The Balaban J connectivity index is 1.21. The van der Waals surface area contributed by atoms with Crippen LogP contribution in [0, 0.1) is 5.92 Å². The van der Waals surface area contributed by atoms with E-state index in [0.29, 0.717) is 50.2 Å². The molecule has 3 aromatic carbocycles. The van der Waals surface area contributed by atoms with Gasteiger partial charge in [-0.25, -0.2) is 9.59 Å². The summed E-state index contributed by atoms with van der Waals surface area (Å²) in [5.74, 6) is 0.259. The fraction of sp³-hybridized carbons (Fsp3) is 0.333. The SMILES string of the molecule is O=C(O)c1cccc(NC(=O)N2CCC(CNCC(COc3ccc(O)cc3)OCc3ccccc3)CC2)c1. The van der Waals surface area contributed by atoms with E-state index in [4.69, 9.17) is 14.6 Å². The maximum Gasteiger partial charge on any atom is 0.335 e. The summed E-state index contributed by atoms with van der Waals surface area (Å²) in [4.78, 5) is 25.6. The Hall–Kier alpha value is -4.08. The molecule has 1 unspecified atom stereocenters. The van der Waals surface area contributed by atoms with Crippen molar-refractivity contribution in [3.05, 3.63) is 90.0 Å². The normalized spacial score (nSPS) is 14.5. The first-order valence-corrected chi connectivity index (χ1v) is 13.1. The molecule has 0 bridgehead atoms. The number of ether oxygens (including phenoxy) is 2. The first-order valence-electron chi connectivity index (χ1n) is 13.1. The second-order valence-corrected chi connectivity index (χ2v) is 9.63. The van der Waals surface area contributed by atoms with E-state index in [2.05, 4.69) is 10.6 Å². The van der Waals surface area contributed by atoms with Crippen molar-refractivity contribution in [2.45, 2.75) is 25.6 Å². The summed E-state index contributed by atoms with van der Waals surface area (Å²) >= 11 is 0. The minimum Gasteiger partial charge on any atom is -0.508 e. The zero-order chi connectivity index (χ0) is 27.5. The molecular formula is C30H35N3O6. The number of nitrogens with one attached hydrogen (secondary N) is 2. The van der Waals surface area contributed by atoms with Crippen LogP contribution in [0.3, 0.4) is 0 Å². The molecule has 0 aromatic heterocycles. The zero-order valence-corrected chi connectivity index (χ0v) is 21.8. The van der Waals surface area contributed by atoms with Crippen LogP contribution >= 0.6 is 0 Å². The van der Waals surface area contributed by atoms with Crippen LogP contribution in [0.2, 0.25) is 0 Å². The molecule has 4 rings (SSSR count). The molecule has 1 heterocycles. The van der Waals surface area contributed by atoms with Gasteiger partial charge in [0, 0.05) is 25.3 Å². The van der Waals surface area contributed by atoms with Crippen LogP contribution in [0.1, 0.15) is 28.8 Å². The molecule has 1 atom stereocenters. The van der Waals surface area contributed by atoms with Crippen LogP contribution in [-0.2, 0) is 11.3 Å². The predicted molar refractivity (Wildman–Crippen MR) is 148 cm³/mol. The molecule has 3 aromatic rings. The number of nitrogens with zero attached hydrogens (tertiary/aromatic N) is 1. The van der Waals surface area contributed by atoms with Gasteiger partial charge >= 0.3 is 12.0 Å². The molecule has 1 saturated heterocycles. The van der Waals surface area contributed by atoms with E-state index < -0.39 is 5.97 Å². The highest BCUT2D eigenvalue weighted by atomic mass is 16.5. The number of phenols is 1. The average Bonchev–Trinajstić information content (AvgIpc) is 2.96. The van der Waals surface area contributed by atoms with Crippen molar-refractivity contribution < 1.29 is 29.3 Å². The first-order chi connectivity index (χ1) is 19.0. The number of carboxylic acid groups (broad SMARTS) is 1. The molecule has 39 heavy (non-hydrogen) atoms. The number of aromatic hydroxyl groups is 1. The van der Waals surface area contributed by atoms with Gasteiger partial charge in [-0.05, 0) is 73.3 Å². The molecule has 1 aliphatic heterocycles. The van der Waals surface area contributed by atoms with Gasteiger partial charge in [-0.3, -0.25) is 0 Å².